The molecule has 2 aliphatic rings. The molecular formula is C28H29FN2O2. The number of hydrogen-bond donors (Lipinski definition) is 1. The van der Waals surface area contributed by atoms with Gasteiger partial charge in [-0.15, -0.1) is 0 Å². The Morgan fingerprint density at radius 1 is 0.970 bits per heavy atom. The molecule has 170 valence electrons. The fourth-order valence-corrected chi connectivity index (χ4v) is 5.12. The zero-order chi connectivity index (χ0) is 22.8. The fraction of sp³-hybridized carbons (Fsp3) is 0.321. The normalized spacial score (nSPS) is 22.2. The molecule has 2 aliphatic heterocycles. The lowest BCUT2D eigenvalue weighted by Crippen LogP contribution is -2.43. The van der Waals surface area contributed by atoms with E-state index in [2.05, 4.69) is 17.3 Å². The molecule has 3 aromatic rings. The molecule has 0 saturated carbocycles. The van der Waals surface area contributed by atoms with Crippen LogP contribution in [0.1, 0.15) is 41.6 Å². The molecule has 5 heteroatoms. The minimum atomic E-state index is -0.261. The Labute approximate surface area is 194 Å². The summed E-state index contributed by atoms with van der Waals surface area (Å²) in [4.78, 5) is 15.1. The van der Waals surface area contributed by atoms with E-state index in [0.717, 1.165) is 35.3 Å². The maximum Gasteiger partial charge on any atom is 0.251 e. The monoisotopic (exact) mass is 444 g/mol. The van der Waals surface area contributed by atoms with Crippen LogP contribution in [0.5, 0.6) is 5.75 Å². The summed E-state index contributed by atoms with van der Waals surface area (Å²) in [5, 5.41) is 2.99. The van der Waals surface area contributed by atoms with Crippen LogP contribution in [0.25, 0.3) is 11.1 Å². The predicted octanol–water partition coefficient (Wildman–Crippen LogP) is 5.43. The van der Waals surface area contributed by atoms with Crippen molar-refractivity contribution < 1.29 is 13.9 Å². The Morgan fingerprint density at radius 3 is 2.27 bits per heavy atom. The number of hydrogen-bond acceptors (Lipinski definition) is 3. The number of nitrogens with one attached hydrogen (secondary N) is 1. The van der Waals surface area contributed by atoms with Crippen molar-refractivity contribution in [1.29, 1.82) is 0 Å². The molecule has 4 nitrogen and oxygen atoms in total. The molecule has 0 spiro atoms. The summed E-state index contributed by atoms with van der Waals surface area (Å²) >= 11 is 0. The Morgan fingerprint density at radius 2 is 1.61 bits per heavy atom. The minimum absolute atomic E-state index is 0.126. The summed E-state index contributed by atoms with van der Waals surface area (Å²) in [6.07, 6.45) is 4.99. The van der Waals surface area contributed by atoms with Gasteiger partial charge < -0.3 is 15.0 Å². The largest absolute Gasteiger partial charge is 0.490 e. The molecule has 2 saturated heterocycles. The van der Waals surface area contributed by atoms with Crippen molar-refractivity contribution in [3.63, 3.8) is 0 Å². The average Bonchev–Trinajstić information content (AvgIpc) is 3.04. The van der Waals surface area contributed by atoms with E-state index < -0.39 is 0 Å². The van der Waals surface area contributed by atoms with Crippen LogP contribution in [0.15, 0.2) is 72.8 Å². The second-order valence-electron chi connectivity index (χ2n) is 9.18. The van der Waals surface area contributed by atoms with Crippen LogP contribution >= 0.6 is 0 Å². The number of fused-ring (bicyclic) bond motifs is 2. The van der Waals surface area contributed by atoms with Crippen LogP contribution in [0.2, 0.25) is 0 Å². The van der Waals surface area contributed by atoms with E-state index in [-0.39, 0.29) is 17.8 Å². The molecular weight excluding hydrogens is 415 g/mol. The molecule has 0 aliphatic carbocycles. The first kappa shape index (κ1) is 21.7. The highest BCUT2D eigenvalue weighted by molar-refractivity contribution is 5.94. The first-order chi connectivity index (χ1) is 16.0. The molecule has 2 heterocycles. The van der Waals surface area contributed by atoms with Gasteiger partial charge in [0.1, 0.15) is 17.7 Å². The lowest BCUT2D eigenvalue weighted by molar-refractivity contribution is 0.0661. The van der Waals surface area contributed by atoms with Gasteiger partial charge in [0.15, 0.2) is 0 Å². The highest BCUT2D eigenvalue weighted by Gasteiger charge is 2.39. The van der Waals surface area contributed by atoms with Crippen LogP contribution in [0.3, 0.4) is 0 Å². The molecule has 2 fully saturated rings. The number of nitrogens with zero attached hydrogens (tertiary/aromatic N) is 1. The van der Waals surface area contributed by atoms with Gasteiger partial charge in [-0.2, -0.15) is 0 Å². The molecule has 3 atom stereocenters. The molecule has 3 aromatic carbocycles. The number of carbonyl (C=O) groups excluding carboxylic acids is 1. The molecule has 0 radical (unpaired) electrons. The number of ether oxygens (including phenoxy) is 1. The van der Waals surface area contributed by atoms with Crippen LogP contribution in [-0.4, -0.2) is 36.0 Å². The second-order valence-corrected chi connectivity index (χ2v) is 9.18. The summed E-state index contributed by atoms with van der Waals surface area (Å²) in [5.41, 5.74) is 3.46. The van der Waals surface area contributed by atoms with Crippen LogP contribution < -0.4 is 10.1 Å². The van der Waals surface area contributed by atoms with Crippen LogP contribution in [0, 0.1) is 5.82 Å². The standard InChI is InChI=1S/C28H29FN2O2/c1-31-24-13-14-25(31)17-27(16-24)33-26-4-2-3-19(15-26)18-30-28(32)22-7-5-20(6-8-22)21-9-11-23(29)12-10-21/h2-12,15,24-25,27H,13-14,16-18H2,1H3,(H,30,32)/t24-,25+,27?. The fourth-order valence-electron chi connectivity index (χ4n) is 5.12. The van der Waals surface area contributed by atoms with Crippen molar-refractivity contribution in [1.82, 2.24) is 10.2 Å². The van der Waals surface area contributed by atoms with Gasteiger partial charge in [0.25, 0.3) is 5.91 Å². The number of carbonyl (C=O) groups is 1. The first-order valence-corrected chi connectivity index (χ1v) is 11.7. The number of halogens is 1. The predicted molar refractivity (Wildman–Crippen MR) is 128 cm³/mol. The van der Waals surface area contributed by atoms with Crippen molar-refractivity contribution >= 4 is 5.91 Å². The van der Waals surface area contributed by atoms with Crippen molar-refractivity contribution in [3.8, 4) is 16.9 Å². The van der Waals surface area contributed by atoms with Gasteiger partial charge in [-0.25, -0.2) is 4.39 Å². The van der Waals surface area contributed by atoms with Gasteiger partial charge in [0.2, 0.25) is 0 Å². The summed E-state index contributed by atoms with van der Waals surface area (Å²) in [6.45, 7) is 0.439. The van der Waals surface area contributed by atoms with Gasteiger partial charge in [-0.1, -0.05) is 36.4 Å². The Bertz CT molecular complexity index is 1100. The summed E-state index contributed by atoms with van der Waals surface area (Å²) in [6, 6.07) is 23.0. The highest BCUT2D eigenvalue weighted by Crippen LogP contribution is 2.36. The van der Waals surface area contributed by atoms with E-state index in [4.69, 9.17) is 4.74 Å². The summed E-state index contributed by atoms with van der Waals surface area (Å²) in [7, 11) is 2.23. The highest BCUT2D eigenvalue weighted by atomic mass is 19.1. The molecule has 5 rings (SSSR count). The molecule has 1 unspecified atom stereocenters. The first-order valence-electron chi connectivity index (χ1n) is 11.7. The SMILES string of the molecule is CN1[C@@H]2CC[C@H]1CC(Oc1cccc(CNC(=O)c3ccc(-c4ccc(F)cc4)cc3)c1)C2. The van der Waals surface area contributed by atoms with E-state index in [9.17, 15) is 9.18 Å². The van der Waals surface area contributed by atoms with Crippen molar-refractivity contribution in [3.05, 3.63) is 89.7 Å². The summed E-state index contributed by atoms with van der Waals surface area (Å²) in [5.74, 6) is 0.487. The van der Waals surface area contributed by atoms with Gasteiger partial charge in [-0.3, -0.25) is 4.79 Å². The third kappa shape index (κ3) is 4.93. The Balaban J connectivity index is 1.17. The molecule has 1 N–H and O–H groups in total. The second kappa shape index (κ2) is 9.36. The van der Waals surface area contributed by atoms with E-state index in [1.807, 2.05) is 36.4 Å². The molecule has 2 bridgehead atoms. The summed E-state index contributed by atoms with van der Waals surface area (Å²) < 4.78 is 19.4. The number of rotatable bonds is 6. The van der Waals surface area contributed by atoms with Crippen molar-refractivity contribution in [2.45, 2.75) is 50.4 Å². The van der Waals surface area contributed by atoms with Crippen LogP contribution in [-0.2, 0) is 6.54 Å². The maximum absolute atomic E-state index is 13.1. The van der Waals surface area contributed by atoms with Crippen LogP contribution in [0.4, 0.5) is 4.39 Å². The Kier molecular flexibility index (Phi) is 6.14. The lowest BCUT2D eigenvalue weighted by atomic mass is 10.0. The smallest absolute Gasteiger partial charge is 0.251 e. The van der Waals surface area contributed by atoms with Crippen molar-refractivity contribution in [2.24, 2.45) is 0 Å². The molecule has 1 amide bonds. The zero-order valence-corrected chi connectivity index (χ0v) is 18.8. The van der Waals surface area contributed by atoms with E-state index in [1.54, 1.807) is 24.3 Å². The zero-order valence-electron chi connectivity index (χ0n) is 18.8. The quantitative estimate of drug-likeness (QED) is 0.552. The van der Waals surface area contributed by atoms with Gasteiger partial charge in [0.05, 0.1) is 0 Å². The average molecular weight is 445 g/mol. The van der Waals surface area contributed by atoms with E-state index in [1.165, 1.54) is 25.0 Å². The number of amides is 1. The van der Waals surface area contributed by atoms with Gasteiger partial charge in [-0.05, 0) is 85.8 Å². The number of benzene rings is 3. The minimum Gasteiger partial charge on any atom is -0.490 e. The molecule has 33 heavy (non-hydrogen) atoms. The third-order valence-corrected chi connectivity index (χ3v) is 7.03. The van der Waals surface area contributed by atoms with E-state index in [0.29, 0.717) is 24.2 Å². The van der Waals surface area contributed by atoms with Gasteiger partial charge in [0, 0.05) is 24.2 Å². The Hall–Kier alpha value is -3.18. The van der Waals surface area contributed by atoms with Gasteiger partial charge >= 0.3 is 0 Å². The topological polar surface area (TPSA) is 41.6 Å². The maximum atomic E-state index is 13.1. The van der Waals surface area contributed by atoms with Crippen molar-refractivity contribution in [2.75, 3.05) is 7.05 Å². The molecule has 0 aromatic heterocycles. The number of piperidine rings is 1. The van der Waals surface area contributed by atoms with E-state index >= 15 is 0 Å². The lowest BCUT2D eigenvalue weighted by Gasteiger charge is -2.36. The third-order valence-electron chi connectivity index (χ3n) is 7.03.